The highest BCUT2D eigenvalue weighted by Gasteiger charge is 2.19. The zero-order valence-electron chi connectivity index (χ0n) is 14.5. The Labute approximate surface area is 165 Å². The summed E-state index contributed by atoms with van der Waals surface area (Å²) in [7, 11) is 0. The van der Waals surface area contributed by atoms with Gasteiger partial charge < -0.3 is 5.11 Å². The van der Waals surface area contributed by atoms with Gasteiger partial charge in [-0.3, -0.25) is 18.7 Å². The number of rotatable bonds is 5. The van der Waals surface area contributed by atoms with E-state index in [1.54, 1.807) is 12.1 Å². The number of nitrogens with zero attached hydrogens (tertiary/aromatic N) is 2. The topological polar surface area (TPSA) is 81.3 Å². The van der Waals surface area contributed by atoms with Gasteiger partial charge in [-0.25, -0.2) is 9.18 Å². The van der Waals surface area contributed by atoms with Gasteiger partial charge in [0.05, 0.1) is 11.9 Å². The van der Waals surface area contributed by atoms with E-state index < -0.39 is 29.6 Å². The summed E-state index contributed by atoms with van der Waals surface area (Å²) in [6, 6.07) is 6.01. The van der Waals surface area contributed by atoms with Crippen LogP contribution in [0.5, 0.6) is 0 Å². The van der Waals surface area contributed by atoms with Crippen molar-refractivity contribution in [3.05, 3.63) is 65.8 Å². The lowest BCUT2D eigenvalue weighted by Gasteiger charge is -2.11. The van der Waals surface area contributed by atoms with Gasteiger partial charge in [0, 0.05) is 14.9 Å². The molecule has 3 rings (SSSR count). The fourth-order valence-corrected chi connectivity index (χ4v) is 4.22. The summed E-state index contributed by atoms with van der Waals surface area (Å²) >= 11 is 4.39. The minimum atomic E-state index is -1.20. The highest BCUT2D eigenvalue weighted by atomic mass is 79.9. The maximum Gasteiger partial charge on any atom is 0.332 e. The molecule has 0 spiro atoms. The molecule has 0 saturated heterocycles. The van der Waals surface area contributed by atoms with Crippen molar-refractivity contribution in [3.63, 3.8) is 0 Å². The second kappa shape index (κ2) is 7.40. The molecule has 0 amide bonds. The summed E-state index contributed by atoms with van der Waals surface area (Å²) in [6.45, 7) is 3.04. The number of carboxylic acid groups (broad SMARTS) is 1. The molecule has 0 bridgehead atoms. The minimum Gasteiger partial charge on any atom is -0.480 e. The van der Waals surface area contributed by atoms with Crippen LogP contribution in [0.4, 0.5) is 4.39 Å². The Morgan fingerprint density at radius 1 is 1.26 bits per heavy atom. The number of thiophene rings is 1. The molecule has 0 fully saturated rings. The summed E-state index contributed by atoms with van der Waals surface area (Å²) in [5.41, 5.74) is -1.16. The van der Waals surface area contributed by atoms with E-state index in [0.29, 0.717) is 9.30 Å². The highest BCUT2D eigenvalue weighted by Crippen LogP contribution is 2.28. The SMILES string of the molecule is CC(C)c1cc2c(=O)n(Cc3ccc(Br)cc3F)c(=O)n(CC(=O)O)c2s1. The van der Waals surface area contributed by atoms with E-state index in [0.717, 1.165) is 14.0 Å². The first-order valence-corrected chi connectivity index (χ1v) is 9.72. The van der Waals surface area contributed by atoms with Crippen molar-refractivity contribution in [1.29, 1.82) is 0 Å². The predicted octanol–water partition coefficient (Wildman–Crippen LogP) is 3.38. The van der Waals surface area contributed by atoms with Crippen molar-refractivity contribution < 1.29 is 14.3 Å². The standard InChI is InChI=1S/C18H16BrFN2O4S/c1-9(2)14-6-12-16(25)21(7-10-3-4-11(19)5-13(10)20)18(26)22(8-15(23)24)17(12)27-14/h3-6,9H,7-8H2,1-2H3,(H,23,24). The Kier molecular flexibility index (Phi) is 5.34. The molecule has 6 nitrogen and oxygen atoms in total. The largest absolute Gasteiger partial charge is 0.480 e. The van der Waals surface area contributed by atoms with Gasteiger partial charge in [-0.1, -0.05) is 35.8 Å². The third kappa shape index (κ3) is 3.74. The Hall–Kier alpha value is -2.26. The molecule has 0 saturated carbocycles. The normalized spacial score (nSPS) is 11.4. The number of hydrogen-bond acceptors (Lipinski definition) is 4. The third-order valence-corrected chi connectivity index (χ3v) is 6.07. The van der Waals surface area contributed by atoms with Gasteiger partial charge in [-0.2, -0.15) is 0 Å². The molecule has 0 aliphatic carbocycles. The van der Waals surface area contributed by atoms with E-state index in [1.165, 1.54) is 23.5 Å². The molecule has 0 radical (unpaired) electrons. The predicted molar refractivity (Wildman–Crippen MR) is 105 cm³/mol. The fourth-order valence-electron chi connectivity index (χ4n) is 2.74. The van der Waals surface area contributed by atoms with Crippen LogP contribution in [0.2, 0.25) is 0 Å². The van der Waals surface area contributed by atoms with Crippen LogP contribution in [-0.4, -0.2) is 20.2 Å². The monoisotopic (exact) mass is 454 g/mol. The van der Waals surface area contributed by atoms with E-state index in [4.69, 9.17) is 0 Å². The molecule has 0 aliphatic heterocycles. The first-order valence-electron chi connectivity index (χ1n) is 8.11. The molecule has 0 unspecified atom stereocenters. The molecule has 142 valence electrons. The van der Waals surface area contributed by atoms with Crippen LogP contribution in [0.25, 0.3) is 10.2 Å². The summed E-state index contributed by atoms with van der Waals surface area (Å²) in [6.07, 6.45) is 0. The highest BCUT2D eigenvalue weighted by molar-refractivity contribution is 9.10. The second-order valence-electron chi connectivity index (χ2n) is 6.41. The Bertz CT molecular complexity index is 1160. The molecule has 0 atom stereocenters. The van der Waals surface area contributed by atoms with Gasteiger partial charge in [-0.15, -0.1) is 11.3 Å². The quantitative estimate of drug-likeness (QED) is 0.640. The maximum atomic E-state index is 14.2. The zero-order valence-corrected chi connectivity index (χ0v) is 16.9. The lowest BCUT2D eigenvalue weighted by atomic mass is 10.1. The Morgan fingerprint density at radius 3 is 2.56 bits per heavy atom. The van der Waals surface area contributed by atoms with Crippen molar-refractivity contribution in [3.8, 4) is 0 Å². The molecular weight excluding hydrogens is 439 g/mol. The Balaban J connectivity index is 2.27. The van der Waals surface area contributed by atoms with Crippen molar-refractivity contribution in [1.82, 2.24) is 9.13 Å². The van der Waals surface area contributed by atoms with Crippen molar-refractivity contribution in [2.45, 2.75) is 32.9 Å². The summed E-state index contributed by atoms with van der Waals surface area (Å²) in [5.74, 6) is -1.64. The number of hydrogen-bond donors (Lipinski definition) is 1. The van der Waals surface area contributed by atoms with E-state index in [-0.39, 0.29) is 23.4 Å². The first kappa shape index (κ1) is 19.5. The maximum absolute atomic E-state index is 14.2. The molecule has 2 aromatic heterocycles. The van der Waals surface area contributed by atoms with Crippen LogP contribution in [0, 0.1) is 5.82 Å². The lowest BCUT2D eigenvalue weighted by Crippen LogP contribution is -2.41. The van der Waals surface area contributed by atoms with Crippen LogP contribution in [0.1, 0.15) is 30.2 Å². The molecule has 1 N–H and O–H groups in total. The van der Waals surface area contributed by atoms with Gasteiger partial charge >= 0.3 is 11.7 Å². The smallest absolute Gasteiger partial charge is 0.332 e. The summed E-state index contributed by atoms with van der Waals surface area (Å²) in [5, 5.41) is 9.45. The van der Waals surface area contributed by atoms with E-state index in [2.05, 4.69) is 15.9 Å². The van der Waals surface area contributed by atoms with Gasteiger partial charge in [-0.05, 0) is 24.1 Å². The average Bonchev–Trinajstić information content (AvgIpc) is 3.02. The molecule has 9 heteroatoms. The number of halogens is 2. The van der Waals surface area contributed by atoms with Crippen molar-refractivity contribution >= 4 is 43.5 Å². The molecule has 27 heavy (non-hydrogen) atoms. The van der Waals surface area contributed by atoms with E-state index >= 15 is 0 Å². The Morgan fingerprint density at radius 2 is 1.96 bits per heavy atom. The third-order valence-electron chi connectivity index (χ3n) is 4.12. The lowest BCUT2D eigenvalue weighted by molar-refractivity contribution is -0.137. The molecule has 1 aromatic carbocycles. The summed E-state index contributed by atoms with van der Waals surface area (Å²) < 4.78 is 16.7. The number of carboxylic acids is 1. The van der Waals surface area contributed by atoms with Crippen LogP contribution in [0.3, 0.4) is 0 Å². The zero-order chi connectivity index (χ0) is 19.9. The van der Waals surface area contributed by atoms with Crippen molar-refractivity contribution in [2.75, 3.05) is 0 Å². The van der Waals surface area contributed by atoms with Gasteiger partial charge in [0.2, 0.25) is 0 Å². The number of fused-ring (bicyclic) bond motifs is 1. The average molecular weight is 455 g/mol. The van der Waals surface area contributed by atoms with E-state index in [9.17, 15) is 23.9 Å². The van der Waals surface area contributed by atoms with Gasteiger partial charge in [0.25, 0.3) is 5.56 Å². The number of aromatic nitrogens is 2. The van der Waals surface area contributed by atoms with Gasteiger partial charge in [0.15, 0.2) is 0 Å². The number of aliphatic carboxylic acids is 1. The van der Waals surface area contributed by atoms with E-state index in [1.807, 2.05) is 13.8 Å². The van der Waals surface area contributed by atoms with Crippen LogP contribution < -0.4 is 11.2 Å². The number of benzene rings is 1. The molecular formula is C18H16BrFN2O4S. The summed E-state index contributed by atoms with van der Waals surface area (Å²) in [4.78, 5) is 38.2. The van der Waals surface area contributed by atoms with Crippen LogP contribution >= 0.6 is 27.3 Å². The number of carbonyl (C=O) groups is 1. The molecule has 0 aliphatic rings. The second-order valence-corrected chi connectivity index (χ2v) is 8.39. The molecule has 2 heterocycles. The molecule has 3 aromatic rings. The van der Waals surface area contributed by atoms with Crippen molar-refractivity contribution in [2.24, 2.45) is 0 Å². The first-order chi connectivity index (χ1) is 12.7. The fraction of sp³-hybridized carbons (Fsp3) is 0.278. The van der Waals surface area contributed by atoms with Crippen LogP contribution in [0.15, 0.2) is 38.3 Å². The van der Waals surface area contributed by atoms with Crippen LogP contribution in [-0.2, 0) is 17.9 Å². The van der Waals surface area contributed by atoms with Gasteiger partial charge in [0.1, 0.15) is 17.2 Å². The minimum absolute atomic E-state index is 0.118.